The number of aromatic nitrogens is 3. The van der Waals surface area contributed by atoms with Crippen molar-refractivity contribution >= 4 is 5.91 Å². The average Bonchev–Trinajstić information content (AvgIpc) is 3.34. The van der Waals surface area contributed by atoms with Gasteiger partial charge in [-0.15, -0.1) is 0 Å². The predicted octanol–water partition coefficient (Wildman–Crippen LogP) is 0.889. The number of carbonyl (C=O) groups excluding carboxylic acids is 1. The SMILES string of the molecule is COc1ccc(Cc2nc([C@@H](C)N)n(CC(=O)N3CCC[C@@H]3CO)n2)cc1OC. The van der Waals surface area contributed by atoms with Gasteiger partial charge in [0.15, 0.2) is 17.3 Å². The van der Waals surface area contributed by atoms with Crippen molar-refractivity contribution in [2.75, 3.05) is 27.4 Å². The molecule has 3 N–H and O–H groups in total. The summed E-state index contributed by atoms with van der Waals surface area (Å²) in [4.78, 5) is 19.0. The molecule has 3 rings (SSSR count). The van der Waals surface area contributed by atoms with Gasteiger partial charge in [0.25, 0.3) is 0 Å². The smallest absolute Gasteiger partial charge is 0.244 e. The van der Waals surface area contributed by atoms with Gasteiger partial charge in [0.2, 0.25) is 5.91 Å². The Morgan fingerprint density at radius 2 is 2.10 bits per heavy atom. The minimum atomic E-state index is -0.360. The van der Waals surface area contributed by atoms with E-state index in [1.165, 1.54) is 0 Å². The Bertz CT molecular complexity index is 851. The van der Waals surface area contributed by atoms with E-state index < -0.39 is 0 Å². The molecule has 158 valence electrons. The maximum absolute atomic E-state index is 12.7. The first-order chi connectivity index (χ1) is 14.0. The molecule has 1 aromatic heterocycles. The van der Waals surface area contributed by atoms with Crippen molar-refractivity contribution in [1.82, 2.24) is 19.7 Å². The van der Waals surface area contributed by atoms with Gasteiger partial charge in [0.05, 0.1) is 32.9 Å². The number of nitrogens with zero attached hydrogens (tertiary/aromatic N) is 4. The average molecular weight is 403 g/mol. The Hall–Kier alpha value is -2.65. The summed E-state index contributed by atoms with van der Waals surface area (Å²) in [5.74, 6) is 2.36. The minimum Gasteiger partial charge on any atom is -0.493 e. The third-order valence-electron chi connectivity index (χ3n) is 5.15. The van der Waals surface area contributed by atoms with E-state index in [0.717, 1.165) is 18.4 Å². The third-order valence-corrected chi connectivity index (χ3v) is 5.15. The van der Waals surface area contributed by atoms with Gasteiger partial charge in [-0.25, -0.2) is 9.67 Å². The first-order valence-corrected chi connectivity index (χ1v) is 9.77. The Kier molecular flexibility index (Phi) is 6.71. The Morgan fingerprint density at radius 1 is 1.34 bits per heavy atom. The number of hydrogen-bond donors (Lipinski definition) is 2. The van der Waals surface area contributed by atoms with Gasteiger partial charge < -0.3 is 25.2 Å². The predicted molar refractivity (Wildman–Crippen MR) is 107 cm³/mol. The van der Waals surface area contributed by atoms with E-state index in [9.17, 15) is 9.90 Å². The summed E-state index contributed by atoms with van der Waals surface area (Å²) in [7, 11) is 3.18. The number of likely N-dealkylation sites (tertiary alicyclic amines) is 1. The molecule has 1 aliphatic heterocycles. The summed E-state index contributed by atoms with van der Waals surface area (Å²) >= 11 is 0. The molecule has 0 bridgehead atoms. The highest BCUT2D eigenvalue weighted by Crippen LogP contribution is 2.28. The number of aliphatic hydroxyl groups is 1. The second-order valence-electron chi connectivity index (χ2n) is 7.26. The Labute approximate surface area is 170 Å². The lowest BCUT2D eigenvalue weighted by atomic mass is 10.1. The molecular weight excluding hydrogens is 374 g/mol. The van der Waals surface area contributed by atoms with E-state index in [-0.39, 0.29) is 31.1 Å². The number of nitrogens with two attached hydrogens (primary N) is 1. The molecule has 1 saturated heterocycles. The van der Waals surface area contributed by atoms with Crippen LogP contribution in [0.5, 0.6) is 11.5 Å². The first-order valence-electron chi connectivity index (χ1n) is 9.77. The number of rotatable bonds is 8. The molecule has 1 aliphatic rings. The van der Waals surface area contributed by atoms with Crippen molar-refractivity contribution < 1.29 is 19.4 Å². The van der Waals surface area contributed by atoms with E-state index in [4.69, 9.17) is 15.2 Å². The van der Waals surface area contributed by atoms with Crippen molar-refractivity contribution in [2.24, 2.45) is 5.73 Å². The summed E-state index contributed by atoms with van der Waals surface area (Å²) < 4.78 is 12.2. The lowest BCUT2D eigenvalue weighted by Crippen LogP contribution is -2.40. The van der Waals surface area contributed by atoms with Crippen molar-refractivity contribution in [1.29, 1.82) is 0 Å². The van der Waals surface area contributed by atoms with Crippen LogP contribution in [-0.4, -0.2) is 64.1 Å². The summed E-state index contributed by atoms with van der Waals surface area (Å²) in [6.45, 7) is 2.52. The highest BCUT2D eigenvalue weighted by atomic mass is 16.5. The maximum Gasteiger partial charge on any atom is 0.244 e. The molecule has 2 atom stereocenters. The van der Waals surface area contributed by atoms with Crippen molar-refractivity contribution in [2.45, 2.75) is 44.8 Å². The first kappa shape index (κ1) is 21.1. The molecule has 0 unspecified atom stereocenters. The molecule has 2 aromatic rings. The molecule has 0 radical (unpaired) electrons. The van der Waals surface area contributed by atoms with Crippen LogP contribution in [0.2, 0.25) is 0 Å². The highest BCUT2D eigenvalue weighted by Gasteiger charge is 2.29. The van der Waals surface area contributed by atoms with Crippen LogP contribution in [0.4, 0.5) is 0 Å². The minimum absolute atomic E-state index is 0.0200. The zero-order valence-electron chi connectivity index (χ0n) is 17.2. The molecule has 29 heavy (non-hydrogen) atoms. The second kappa shape index (κ2) is 9.23. The lowest BCUT2D eigenvalue weighted by molar-refractivity contribution is -0.133. The molecule has 9 nitrogen and oxygen atoms in total. The van der Waals surface area contributed by atoms with Gasteiger partial charge in [-0.1, -0.05) is 6.07 Å². The molecule has 0 aliphatic carbocycles. The number of carbonyl (C=O) groups is 1. The molecule has 9 heteroatoms. The van der Waals surface area contributed by atoms with Gasteiger partial charge >= 0.3 is 0 Å². The standard InChI is InChI=1S/C20H29N5O4/c1-13(21)20-22-18(10-14-6-7-16(28-2)17(9-14)29-3)23-25(20)11-19(27)24-8-4-5-15(24)12-26/h6-7,9,13,15,26H,4-5,8,10-12,21H2,1-3H3/t13-,15-/m1/s1. The largest absolute Gasteiger partial charge is 0.493 e. The highest BCUT2D eigenvalue weighted by molar-refractivity contribution is 5.76. The zero-order chi connectivity index (χ0) is 21.0. The summed E-state index contributed by atoms with van der Waals surface area (Å²) in [5, 5.41) is 14.0. The van der Waals surface area contributed by atoms with E-state index in [1.807, 2.05) is 25.1 Å². The van der Waals surface area contributed by atoms with Crippen LogP contribution in [0.25, 0.3) is 0 Å². The normalized spacial score (nSPS) is 17.4. The summed E-state index contributed by atoms with van der Waals surface area (Å²) in [5.41, 5.74) is 7.02. The van der Waals surface area contributed by atoms with Crippen LogP contribution in [0, 0.1) is 0 Å². The van der Waals surface area contributed by atoms with Crippen LogP contribution in [-0.2, 0) is 17.8 Å². The number of benzene rings is 1. The van der Waals surface area contributed by atoms with Crippen LogP contribution in [0.3, 0.4) is 0 Å². The fraction of sp³-hybridized carbons (Fsp3) is 0.550. The number of hydrogen-bond acceptors (Lipinski definition) is 7. The zero-order valence-corrected chi connectivity index (χ0v) is 17.2. The monoisotopic (exact) mass is 403 g/mol. The number of ether oxygens (including phenoxy) is 2. The van der Waals surface area contributed by atoms with Crippen LogP contribution < -0.4 is 15.2 Å². The summed E-state index contributed by atoms with van der Waals surface area (Å²) in [6, 6.07) is 5.17. The third kappa shape index (κ3) is 4.68. The molecule has 0 spiro atoms. The van der Waals surface area contributed by atoms with Crippen molar-refractivity contribution in [3.05, 3.63) is 35.4 Å². The fourth-order valence-corrected chi connectivity index (χ4v) is 3.68. The van der Waals surface area contributed by atoms with Crippen LogP contribution >= 0.6 is 0 Å². The molecule has 1 aromatic carbocycles. The number of methoxy groups -OCH3 is 2. The van der Waals surface area contributed by atoms with Crippen molar-refractivity contribution in [3.63, 3.8) is 0 Å². The van der Waals surface area contributed by atoms with E-state index in [2.05, 4.69) is 10.1 Å². The topological polar surface area (TPSA) is 116 Å². The molecule has 1 fully saturated rings. The lowest BCUT2D eigenvalue weighted by Gasteiger charge is -2.23. The van der Waals surface area contributed by atoms with Crippen LogP contribution in [0.1, 0.15) is 43.0 Å². The van der Waals surface area contributed by atoms with Crippen LogP contribution in [0.15, 0.2) is 18.2 Å². The second-order valence-corrected chi connectivity index (χ2v) is 7.26. The van der Waals surface area contributed by atoms with Gasteiger partial charge in [-0.2, -0.15) is 5.10 Å². The Morgan fingerprint density at radius 3 is 2.76 bits per heavy atom. The maximum atomic E-state index is 12.7. The fourth-order valence-electron chi connectivity index (χ4n) is 3.68. The van der Waals surface area contributed by atoms with Crippen molar-refractivity contribution in [3.8, 4) is 11.5 Å². The molecule has 0 saturated carbocycles. The molecule has 1 amide bonds. The van der Waals surface area contributed by atoms with E-state index in [0.29, 0.717) is 36.1 Å². The number of aliphatic hydroxyl groups excluding tert-OH is 1. The number of amides is 1. The quantitative estimate of drug-likeness (QED) is 0.672. The van der Waals surface area contributed by atoms with Gasteiger partial charge in [-0.05, 0) is 37.5 Å². The molecule has 2 heterocycles. The van der Waals surface area contributed by atoms with Gasteiger partial charge in [-0.3, -0.25) is 4.79 Å². The van der Waals surface area contributed by atoms with Gasteiger partial charge in [0.1, 0.15) is 12.4 Å². The Balaban J connectivity index is 1.79. The van der Waals surface area contributed by atoms with E-state index >= 15 is 0 Å². The summed E-state index contributed by atoms with van der Waals surface area (Å²) in [6.07, 6.45) is 2.20. The molecular formula is C20H29N5O4. The van der Waals surface area contributed by atoms with Gasteiger partial charge in [0, 0.05) is 13.0 Å². The van der Waals surface area contributed by atoms with E-state index in [1.54, 1.807) is 23.8 Å².